The van der Waals surface area contributed by atoms with Gasteiger partial charge in [0.25, 0.3) is 0 Å². The van der Waals surface area contributed by atoms with Crippen molar-refractivity contribution in [3.63, 3.8) is 0 Å². The van der Waals surface area contributed by atoms with Crippen LogP contribution in [0.1, 0.15) is 11.1 Å². The van der Waals surface area contributed by atoms with Gasteiger partial charge in [-0.05, 0) is 41.5 Å². The molecule has 3 aromatic carbocycles. The summed E-state index contributed by atoms with van der Waals surface area (Å²) in [5.41, 5.74) is 6.31. The van der Waals surface area contributed by atoms with Crippen LogP contribution in [0, 0.1) is 6.07 Å². The molecule has 0 aromatic heterocycles. The third kappa shape index (κ3) is 1.71. The number of anilines is 3. The maximum Gasteiger partial charge on any atom is 0.0503 e. The van der Waals surface area contributed by atoms with E-state index in [1.807, 2.05) is 6.07 Å². The summed E-state index contributed by atoms with van der Waals surface area (Å²) in [6.07, 6.45) is 0.954. The summed E-state index contributed by atoms with van der Waals surface area (Å²) in [6, 6.07) is 28.7. The monoisotopic (exact) mass is 256 g/mol. The predicted octanol–water partition coefficient (Wildman–Crippen LogP) is 4.86. The summed E-state index contributed by atoms with van der Waals surface area (Å²) in [6.45, 7) is 0. The van der Waals surface area contributed by atoms with Crippen molar-refractivity contribution in [3.05, 3.63) is 90.0 Å². The van der Waals surface area contributed by atoms with Gasteiger partial charge in [0.1, 0.15) is 0 Å². The lowest BCUT2D eigenvalue weighted by molar-refractivity contribution is 1.08. The summed E-state index contributed by atoms with van der Waals surface area (Å²) in [5, 5.41) is 0. The van der Waals surface area contributed by atoms with Gasteiger partial charge in [-0.2, -0.15) is 0 Å². The second-order valence-electron chi connectivity index (χ2n) is 5.01. The maximum absolute atomic E-state index is 3.39. The number of rotatable bonds is 1. The van der Waals surface area contributed by atoms with E-state index in [1.54, 1.807) is 0 Å². The molecule has 4 rings (SSSR count). The fourth-order valence-electron chi connectivity index (χ4n) is 2.87. The number of hydrogen-bond acceptors (Lipinski definition) is 1. The summed E-state index contributed by atoms with van der Waals surface area (Å²) >= 11 is 0. The maximum atomic E-state index is 3.39. The highest BCUT2D eigenvalue weighted by atomic mass is 15.2. The van der Waals surface area contributed by atoms with Crippen molar-refractivity contribution in [2.75, 3.05) is 4.90 Å². The van der Waals surface area contributed by atoms with Gasteiger partial charge in [0, 0.05) is 17.8 Å². The lowest BCUT2D eigenvalue weighted by Crippen LogP contribution is -2.18. The molecule has 1 aliphatic heterocycles. The normalized spacial score (nSPS) is 12.7. The van der Waals surface area contributed by atoms with Gasteiger partial charge in [-0.1, -0.05) is 48.5 Å². The minimum atomic E-state index is 0.954. The van der Waals surface area contributed by atoms with Crippen molar-refractivity contribution in [1.82, 2.24) is 0 Å². The molecule has 1 radical (unpaired) electrons. The van der Waals surface area contributed by atoms with E-state index in [0.717, 1.165) is 6.42 Å². The van der Waals surface area contributed by atoms with Gasteiger partial charge in [-0.15, -0.1) is 0 Å². The average molecular weight is 256 g/mol. The lowest BCUT2D eigenvalue weighted by atomic mass is 9.95. The molecule has 0 saturated heterocycles. The summed E-state index contributed by atoms with van der Waals surface area (Å²) in [7, 11) is 0. The first-order valence-electron chi connectivity index (χ1n) is 6.86. The molecule has 95 valence electrons. The Hall–Kier alpha value is -2.54. The number of fused-ring (bicyclic) bond motifs is 2. The van der Waals surface area contributed by atoms with Gasteiger partial charge in [0.15, 0.2) is 0 Å². The summed E-state index contributed by atoms with van der Waals surface area (Å²) in [5.74, 6) is 0. The van der Waals surface area contributed by atoms with Crippen molar-refractivity contribution < 1.29 is 0 Å². The van der Waals surface area contributed by atoms with Crippen LogP contribution in [0.5, 0.6) is 0 Å². The van der Waals surface area contributed by atoms with Crippen LogP contribution >= 0.6 is 0 Å². The van der Waals surface area contributed by atoms with Crippen molar-refractivity contribution in [3.8, 4) is 0 Å². The summed E-state index contributed by atoms with van der Waals surface area (Å²) < 4.78 is 0. The van der Waals surface area contributed by atoms with E-state index in [9.17, 15) is 0 Å². The van der Waals surface area contributed by atoms with Crippen molar-refractivity contribution in [2.45, 2.75) is 6.42 Å². The van der Waals surface area contributed by atoms with Gasteiger partial charge in [-0.3, -0.25) is 0 Å². The molecule has 20 heavy (non-hydrogen) atoms. The van der Waals surface area contributed by atoms with E-state index in [0.29, 0.717) is 0 Å². The third-order valence-electron chi connectivity index (χ3n) is 3.77. The fourth-order valence-corrected chi connectivity index (χ4v) is 2.87. The molecule has 0 unspecified atom stereocenters. The van der Waals surface area contributed by atoms with Gasteiger partial charge in [0.2, 0.25) is 0 Å². The minimum Gasteiger partial charge on any atom is -0.310 e. The molecule has 3 aromatic rings. The first kappa shape index (κ1) is 11.3. The molecule has 1 nitrogen and oxygen atoms in total. The zero-order valence-corrected chi connectivity index (χ0v) is 11.1. The molecule has 0 amide bonds. The number of hydrogen-bond donors (Lipinski definition) is 0. The Labute approximate surface area is 119 Å². The summed E-state index contributed by atoms with van der Waals surface area (Å²) in [4.78, 5) is 2.32. The van der Waals surface area contributed by atoms with E-state index in [1.165, 1.54) is 28.2 Å². The Morgan fingerprint density at radius 2 is 1.50 bits per heavy atom. The van der Waals surface area contributed by atoms with E-state index in [2.05, 4.69) is 77.7 Å². The molecule has 0 spiro atoms. The van der Waals surface area contributed by atoms with Gasteiger partial charge >= 0.3 is 0 Å². The molecule has 0 bridgehead atoms. The van der Waals surface area contributed by atoms with E-state index < -0.39 is 0 Å². The van der Waals surface area contributed by atoms with E-state index in [4.69, 9.17) is 0 Å². The molecule has 1 heteroatoms. The van der Waals surface area contributed by atoms with Crippen LogP contribution in [-0.4, -0.2) is 0 Å². The SMILES string of the molecule is [c]1cccc2c1Cc1ccccc1N2c1ccccc1. The molecule has 0 aliphatic carbocycles. The van der Waals surface area contributed by atoms with Crippen LogP contribution in [0.4, 0.5) is 17.1 Å². The Morgan fingerprint density at radius 3 is 2.40 bits per heavy atom. The quantitative estimate of drug-likeness (QED) is 0.470. The smallest absolute Gasteiger partial charge is 0.0503 e. The van der Waals surface area contributed by atoms with Gasteiger partial charge in [-0.25, -0.2) is 0 Å². The second kappa shape index (κ2) is 4.53. The van der Waals surface area contributed by atoms with Crippen LogP contribution in [0.3, 0.4) is 0 Å². The first-order valence-corrected chi connectivity index (χ1v) is 6.86. The minimum absolute atomic E-state index is 0.954. The highest BCUT2D eigenvalue weighted by Crippen LogP contribution is 2.42. The van der Waals surface area contributed by atoms with Crippen molar-refractivity contribution in [1.29, 1.82) is 0 Å². The Morgan fingerprint density at radius 1 is 0.750 bits per heavy atom. The lowest BCUT2D eigenvalue weighted by Gasteiger charge is -2.33. The van der Waals surface area contributed by atoms with E-state index >= 15 is 0 Å². The number of para-hydroxylation sites is 2. The Kier molecular flexibility index (Phi) is 2.56. The molecule has 0 N–H and O–H groups in total. The van der Waals surface area contributed by atoms with Gasteiger partial charge < -0.3 is 4.90 Å². The zero-order valence-electron chi connectivity index (χ0n) is 11.1. The average Bonchev–Trinajstić information content (AvgIpc) is 2.53. The molecule has 0 atom stereocenters. The van der Waals surface area contributed by atoms with Crippen molar-refractivity contribution >= 4 is 17.1 Å². The largest absolute Gasteiger partial charge is 0.310 e. The van der Waals surface area contributed by atoms with Crippen LogP contribution in [0.25, 0.3) is 0 Å². The Balaban J connectivity index is 1.98. The zero-order chi connectivity index (χ0) is 13.4. The van der Waals surface area contributed by atoms with Crippen LogP contribution in [-0.2, 0) is 6.42 Å². The molecule has 1 aliphatic rings. The molecular weight excluding hydrogens is 242 g/mol. The third-order valence-corrected chi connectivity index (χ3v) is 3.77. The van der Waals surface area contributed by atoms with Crippen molar-refractivity contribution in [2.24, 2.45) is 0 Å². The standard InChI is InChI=1S/C19H14N/c1-2-10-17(11-3-1)20-18-12-6-4-8-15(18)14-16-9-5-7-13-19(16)20/h1-8,10-13H,14H2. The number of benzene rings is 3. The molecule has 1 heterocycles. The Bertz CT molecular complexity index is 701. The van der Waals surface area contributed by atoms with Crippen LogP contribution in [0.15, 0.2) is 72.8 Å². The fraction of sp³-hybridized carbons (Fsp3) is 0.0526. The highest BCUT2D eigenvalue weighted by molar-refractivity contribution is 5.83. The highest BCUT2D eigenvalue weighted by Gasteiger charge is 2.22. The molecular formula is C19H14N. The number of nitrogens with zero attached hydrogens (tertiary/aromatic N) is 1. The van der Waals surface area contributed by atoms with Crippen LogP contribution < -0.4 is 4.90 Å². The van der Waals surface area contributed by atoms with E-state index in [-0.39, 0.29) is 0 Å². The predicted molar refractivity (Wildman–Crippen MR) is 82.8 cm³/mol. The molecule has 0 saturated carbocycles. The van der Waals surface area contributed by atoms with Crippen LogP contribution in [0.2, 0.25) is 0 Å². The topological polar surface area (TPSA) is 3.24 Å². The molecule has 0 fully saturated rings. The first-order chi connectivity index (χ1) is 9.93. The second-order valence-corrected chi connectivity index (χ2v) is 5.01. The van der Waals surface area contributed by atoms with Gasteiger partial charge in [0.05, 0.1) is 5.69 Å².